The topological polar surface area (TPSA) is 59.0 Å². The maximum absolute atomic E-state index is 11.8. The maximum atomic E-state index is 11.8. The number of carbonyl (C=O) groups is 1. The normalized spacial score (nSPS) is 10.3. The largest absolute Gasteiger partial charge is 0.338 e. The van der Waals surface area contributed by atoms with Crippen LogP contribution in [0.15, 0.2) is 45.9 Å². The number of hydrogen-bond acceptors (Lipinski definition) is 2. The SMILES string of the molecule is O=C(NCCCn1ccnc1)Nc1cc(Br)ccc1Br. The van der Waals surface area contributed by atoms with Gasteiger partial charge in [-0.3, -0.25) is 0 Å². The summed E-state index contributed by atoms with van der Waals surface area (Å²) in [4.78, 5) is 15.7. The molecule has 2 rings (SSSR count). The van der Waals surface area contributed by atoms with Crippen LogP contribution in [0.2, 0.25) is 0 Å². The molecule has 1 aromatic carbocycles. The first-order chi connectivity index (χ1) is 9.65. The van der Waals surface area contributed by atoms with Crippen molar-refractivity contribution in [2.24, 2.45) is 0 Å². The average molecular weight is 402 g/mol. The molecule has 0 aliphatic carbocycles. The Labute approximate surface area is 134 Å². The number of imidazole rings is 1. The highest BCUT2D eigenvalue weighted by Crippen LogP contribution is 2.25. The summed E-state index contributed by atoms with van der Waals surface area (Å²) < 4.78 is 3.73. The number of amides is 2. The van der Waals surface area contributed by atoms with Crippen LogP contribution in [-0.4, -0.2) is 22.1 Å². The molecule has 2 N–H and O–H groups in total. The first-order valence-electron chi connectivity index (χ1n) is 6.11. The summed E-state index contributed by atoms with van der Waals surface area (Å²) >= 11 is 6.76. The number of halogens is 2. The van der Waals surface area contributed by atoms with Crippen LogP contribution in [0.3, 0.4) is 0 Å². The van der Waals surface area contributed by atoms with Crippen molar-refractivity contribution in [3.05, 3.63) is 45.9 Å². The molecule has 1 aromatic heterocycles. The summed E-state index contributed by atoms with van der Waals surface area (Å²) in [5.41, 5.74) is 0.728. The monoisotopic (exact) mass is 400 g/mol. The lowest BCUT2D eigenvalue weighted by atomic mass is 10.3. The first-order valence-corrected chi connectivity index (χ1v) is 7.69. The summed E-state index contributed by atoms with van der Waals surface area (Å²) in [5.74, 6) is 0. The predicted molar refractivity (Wildman–Crippen MR) is 85.7 cm³/mol. The number of anilines is 1. The fourth-order valence-corrected chi connectivity index (χ4v) is 2.35. The van der Waals surface area contributed by atoms with Crippen LogP contribution in [0.25, 0.3) is 0 Å². The van der Waals surface area contributed by atoms with Crippen molar-refractivity contribution in [3.63, 3.8) is 0 Å². The number of hydrogen-bond donors (Lipinski definition) is 2. The summed E-state index contributed by atoms with van der Waals surface area (Å²) in [5, 5.41) is 5.62. The molecule has 0 aliphatic heterocycles. The Hall–Kier alpha value is -1.34. The van der Waals surface area contributed by atoms with Crippen LogP contribution in [-0.2, 0) is 6.54 Å². The number of aryl methyl sites for hydroxylation is 1. The summed E-state index contributed by atoms with van der Waals surface area (Å²) in [7, 11) is 0. The van der Waals surface area contributed by atoms with Crippen molar-refractivity contribution in [1.29, 1.82) is 0 Å². The van der Waals surface area contributed by atoms with Gasteiger partial charge in [0.2, 0.25) is 0 Å². The minimum absolute atomic E-state index is 0.213. The van der Waals surface area contributed by atoms with Crippen LogP contribution in [0.4, 0.5) is 10.5 Å². The van der Waals surface area contributed by atoms with Crippen LogP contribution in [0.5, 0.6) is 0 Å². The molecule has 0 spiro atoms. The number of aromatic nitrogens is 2. The van der Waals surface area contributed by atoms with Gasteiger partial charge in [-0.2, -0.15) is 0 Å². The number of nitrogens with zero attached hydrogens (tertiary/aromatic N) is 2. The highest BCUT2D eigenvalue weighted by molar-refractivity contribution is 9.11. The van der Waals surface area contributed by atoms with E-state index in [1.807, 2.05) is 29.0 Å². The highest BCUT2D eigenvalue weighted by atomic mass is 79.9. The Morgan fingerprint density at radius 2 is 2.20 bits per heavy atom. The number of rotatable bonds is 5. The molecule has 0 radical (unpaired) electrons. The summed E-state index contributed by atoms with van der Waals surface area (Å²) in [6.07, 6.45) is 6.26. The Morgan fingerprint density at radius 1 is 1.35 bits per heavy atom. The van der Waals surface area contributed by atoms with E-state index < -0.39 is 0 Å². The third-order valence-electron chi connectivity index (χ3n) is 2.61. The van der Waals surface area contributed by atoms with Gasteiger partial charge in [0.25, 0.3) is 0 Å². The quantitative estimate of drug-likeness (QED) is 0.751. The molecule has 0 saturated heterocycles. The third-order valence-corrected chi connectivity index (χ3v) is 3.80. The van der Waals surface area contributed by atoms with Crippen molar-refractivity contribution in [1.82, 2.24) is 14.9 Å². The molecule has 20 heavy (non-hydrogen) atoms. The van der Waals surface area contributed by atoms with Crippen molar-refractivity contribution in [2.75, 3.05) is 11.9 Å². The van der Waals surface area contributed by atoms with Gasteiger partial charge in [-0.15, -0.1) is 0 Å². The van der Waals surface area contributed by atoms with Gasteiger partial charge in [0.15, 0.2) is 0 Å². The lowest BCUT2D eigenvalue weighted by Crippen LogP contribution is -2.30. The highest BCUT2D eigenvalue weighted by Gasteiger charge is 2.05. The van der Waals surface area contributed by atoms with Crippen LogP contribution in [0, 0.1) is 0 Å². The molecule has 2 aromatic rings. The van der Waals surface area contributed by atoms with E-state index in [1.165, 1.54) is 0 Å². The van der Waals surface area contributed by atoms with E-state index >= 15 is 0 Å². The summed E-state index contributed by atoms with van der Waals surface area (Å²) in [6.45, 7) is 1.44. The molecule has 0 fully saturated rings. The standard InChI is InChI=1S/C13H14Br2N4O/c14-10-2-3-11(15)12(8-10)18-13(20)17-4-1-6-19-7-5-16-9-19/h2-3,5,7-9H,1,4,6H2,(H2,17,18,20). The van der Waals surface area contributed by atoms with Gasteiger partial charge in [-0.25, -0.2) is 9.78 Å². The van der Waals surface area contributed by atoms with Crippen molar-refractivity contribution < 1.29 is 4.79 Å². The summed E-state index contributed by atoms with van der Waals surface area (Å²) in [6, 6.07) is 5.40. The van der Waals surface area contributed by atoms with Crippen molar-refractivity contribution in [3.8, 4) is 0 Å². The molecule has 0 aliphatic rings. The molecule has 2 amide bonds. The molecule has 106 valence electrons. The number of carbonyl (C=O) groups excluding carboxylic acids is 1. The number of urea groups is 1. The van der Waals surface area contributed by atoms with Gasteiger partial charge < -0.3 is 15.2 Å². The fraction of sp³-hybridized carbons (Fsp3) is 0.231. The van der Waals surface area contributed by atoms with E-state index in [2.05, 4.69) is 47.5 Å². The lowest BCUT2D eigenvalue weighted by Gasteiger charge is -2.09. The molecule has 1 heterocycles. The Kier molecular flexibility index (Phi) is 5.60. The molecule has 0 atom stereocenters. The van der Waals surface area contributed by atoms with Gasteiger partial charge in [0.05, 0.1) is 12.0 Å². The van der Waals surface area contributed by atoms with Crippen molar-refractivity contribution in [2.45, 2.75) is 13.0 Å². The first kappa shape index (κ1) is 15.1. The number of benzene rings is 1. The average Bonchev–Trinajstić information content (AvgIpc) is 2.92. The van der Waals surface area contributed by atoms with E-state index in [4.69, 9.17) is 0 Å². The van der Waals surface area contributed by atoms with Crippen LogP contribution in [0.1, 0.15) is 6.42 Å². The molecular formula is C13H14Br2N4O. The maximum Gasteiger partial charge on any atom is 0.319 e. The fourth-order valence-electron chi connectivity index (χ4n) is 1.64. The molecule has 7 heteroatoms. The van der Waals surface area contributed by atoms with E-state index in [9.17, 15) is 4.79 Å². The van der Waals surface area contributed by atoms with E-state index in [-0.39, 0.29) is 6.03 Å². The zero-order valence-electron chi connectivity index (χ0n) is 10.6. The predicted octanol–water partition coefficient (Wildman–Crippen LogP) is 3.62. The van der Waals surface area contributed by atoms with E-state index in [0.717, 1.165) is 27.6 Å². The zero-order valence-corrected chi connectivity index (χ0v) is 13.8. The second-order valence-corrected chi connectivity index (χ2v) is 5.93. The van der Waals surface area contributed by atoms with E-state index in [0.29, 0.717) is 6.54 Å². The smallest absolute Gasteiger partial charge is 0.319 e. The Balaban J connectivity index is 1.73. The Bertz CT molecular complexity index is 572. The Morgan fingerprint density at radius 3 is 2.95 bits per heavy atom. The second-order valence-electron chi connectivity index (χ2n) is 4.16. The molecule has 0 saturated carbocycles. The van der Waals surface area contributed by atoms with Gasteiger partial charge in [-0.05, 0) is 40.5 Å². The number of nitrogens with one attached hydrogen (secondary N) is 2. The van der Waals surface area contributed by atoms with Crippen molar-refractivity contribution >= 4 is 43.6 Å². The molecule has 5 nitrogen and oxygen atoms in total. The van der Waals surface area contributed by atoms with Gasteiger partial charge in [0, 0.05) is 34.4 Å². The third kappa shape index (κ3) is 4.64. The second kappa shape index (κ2) is 7.44. The van der Waals surface area contributed by atoms with Gasteiger partial charge >= 0.3 is 6.03 Å². The van der Waals surface area contributed by atoms with Crippen LogP contribution >= 0.6 is 31.9 Å². The van der Waals surface area contributed by atoms with Gasteiger partial charge in [0.1, 0.15) is 0 Å². The zero-order chi connectivity index (χ0) is 14.4. The van der Waals surface area contributed by atoms with E-state index in [1.54, 1.807) is 12.5 Å². The molecule has 0 unspecified atom stereocenters. The minimum Gasteiger partial charge on any atom is -0.338 e. The lowest BCUT2D eigenvalue weighted by molar-refractivity contribution is 0.252. The molecular weight excluding hydrogens is 388 g/mol. The van der Waals surface area contributed by atoms with Gasteiger partial charge in [-0.1, -0.05) is 15.9 Å². The minimum atomic E-state index is -0.213. The van der Waals surface area contributed by atoms with Crippen LogP contribution < -0.4 is 10.6 Å². The molecule has 0 bridgehead atoms.